The number of nitrogens with one attached hydrogen (secondary N) is 3. The Hall–Kier alpha value is -1.44. The lowest BCUT2D eigenvalue weighted by Gasteiger charge is -2.03. The van der Waals surface area contributed by atoms with Crippen LogP contribution in [0.4, 0.5) is 5.69 Å². The highest BCUT2D eigenvalue weighted by molar-refractivity contribution is 9.11. The Bertz CT molecular complexity index is 654. The van der Waals surface area contributed by atoms with Gasteiger partial charge in [0, 0.05) is 11.3 Å². The summed E-state index contributed by atoms with van der Waals surface area (Å²) < 4.78 is 1.21. The fourth-order valence-electron chi connectivity index (χ4n) is 1.54. The number of benzene rings is 2. The molecular formula is C14H12Br2N3OS+. The third-order valence-corrected chi connectivity index (χ3v) is 3.91. The molecular weight excluding hydrogens is 418 g/mol. The Labute approximate surface area is 144 Å². The summed E-state index contributed by atoms with van der Waals surface area (Å²) in [6, 6.07) is 13.2. The van der Waals surface area contributed by atoms with E-state index >= 15 is 0 Å². The molecule has 0 saturated heterocycles. The number of rotatable bonds is 3. The Morgan fingerprint density at radius 3 is 2.38 bits per heavy atom. The molecule has 0 aliphatic rings. The quantitative estimate of drug-likeness (QED) is 0.343. The molecule has 0 radical (unpaired) electrons. The van der Waals surface area contributed by atoms with Gasteiger partial charge in [0.15, 0.2) is 6.21 Å². The van der Waals surface area contributed by atoms with Crippen molar-refractivity contribution in [3.8, 4) is 5.75 Å². The van der Waals surface area contributed by atoms with E-state index in [2.05, 4.69) is 47.7 Å². The molecule has 0 atom stereocenters. The maximum Gasteiger partial charge on any atom is 0.228 e. The summed E-state index contributed by atoms with van der Waals surface area (Å²) in [5, 5.41) is 16.0. The fourth-order valence-corrected chi connectivity index (χ4v) is 2.94. The normalized spacial score (nSPS) is 10.6. The molecule has 0 amide bonds. The van der Waals surface area contributed by atoms with Crippen LogP contribution in [0.1, 0.15) is 5.56 Å². The second-order valence-electron chi connectivity index (χ2n) is 4.07. The summed E-state index contributed by atoms with van der Waals surface area (Å²) in [7, 11) is 0. The van der Waals surface area contributed by atoms with Gasteiger partial charge in [-0.15, -0.1) is 10.5 Å². The molecule has 0 aromatic heterocycles. The molecule has 2 aromatic carbocycles. The molecule has 21 heavy (non-hydrogen) atoms. The van der Waals surface area contributed by atoms with Crippen LogP contribution in [0.25, 0.3) is 0 Å². The Morgan fingerprint density at radius 1 is 1.14 bits per heavy atom. The van der Waals surface area contributed by atoms with Crippen LogP contribution in [0.3, 0.4) is 0 Å². The van der Waals surface area contributed by atoms with Crippen molar-refractivity contribution in [2.24, 2.45) is 0 Å². The lowest BCUT2D eigenvalue weighted by molar-refractivity contribution is -0.499. The molecule has 2 rings (SSSR count). The van der Waals surface area contributed by atoms with Gasteiger partial charge in [-0.25, -0.2) is 0 Å². The number of halogens is 2. The van der Waals surface area contributed by atoms with Crippen molar-refractivity contribution in [2.45, 2.75) is 0 Å². The number of thiocarbonyl (C=S) groups is 1. The second kappa shape index (κ2) is 7.53. The molecule has 0 saturated carbocycles. The summed E-state index contributed by atoms with van der Waals surface area (Å²) in [5.74, 6) is 0.168. The van der Waals surface area contributed by atoms with Crippen molar-refractivity contribution in [3.63, 3.8) is 0 Å². The van der Waals surface area contributed by atoms with Gasteiger partial charge in [0.25, 0.3) is 0 Å². The first kappa shape index (κ1) is 15.9. The minimum Gasteiger partial charge on any atom is -0.506 e. The van der Waals surface area contributed by atoms with Gasteiger partial charge >= 0.3 is 0 Å². The number of anilines is 1. The van der Waals surface area contributed by atoms with E-state index in [0.29, 0.717) is 14.1 Å². The van der Waals surface area contributed by atoms with Gasteiger partial charge in [-0.3, -0.25) is 0 Å². The van der Waals surface area contributed by atoms with Crippen LogP contribution < -0.4 is 15.8 Å². The number of phenols is 1. The van der Waals surface area contributed by atoms with Crippen molar-refractivity contribution < 1.29 is 10.2 Å². The van der Waals surface area contributed by atoms with Gasteiger partial charge in [-0.1, -0.05) is 18.2 Å². The van der Waals surface area contributed by atoms with E-state index in [1.165, 1.54) is 0 Å². The zero-order valence-corrected chi connectivity index (χ0v) is 14.7. The van der Waals surface area contributed by atoms with E-state index in [1.54, 1.807) is 18.3 Å². The maximum atomic E-state index is 9.63. The van der Waals surface area contributed by atoms with Crippen molar-refractivity contribution in [1.82, 2.24) is 5.43 Å². The van der Waals surface area contributed by atoms with Crippen LogP contribution >= 0.6 is 44.1 Å². The molecule has 0 bridgehead atoms. The molecule has 4 N–H and O–H groups in total. The summed E-state index contributed by atoms with van der Waals surface area (Å²) in [6.07, 6.45) is 1.73. The Morgan fingerprint density at radius 2 is 1.76 bits per heavy atom. The molecule has 0 fully saturated rings. The topological polar surface area (TPSA) is 58.3 Å². The molecule has 2 aromatic rings. The van der Waals surface area contributed by atoms with Crippen molar-refractivity contribution in [2.75, 3.05) is 5.32 Å². The van der Waals surface area contributed by atoms with Gasteiger partial charge in [-0.05, 0) is 68.3 Å². The number of phenolic OH excluding ortho intramolecular Hbond substituents is 1. The number of para-hydroxylation sites is 1. The molecule has 0 heterocycles. The average molecular weight is 430 g/mol. The van der Waals surface area contributed by atoms with Gasteiger partial charge in [-0.2, -0.15) is 0 Å². The zero-order chi connectivity index (χ0) is 15.2. The van der Waals surface area contributed by atoms with E-state index in [4.69, 9.17) is 12.2 Å². The largest absolute Gasteiger partial charge is 0.506 e. The van der Waals surface area contributed by atoms with Gasteiger partial charge < -0.3 is 10.4 Å². The SMILES string of the molecule is Oc1c(Br)cc(C=[NH+]NC(=S)Nc2ccccc2)cc1Br. The van der Waals surface area contributed by atoms with Crippen LogP contribution in [-0.4, -0.2) is 16.4 Å². The monoisotopic (exact) mass is 428 g/mol. The first-order valence-corrected chi connectivity index (χ1v) is 7.94. The van der Waals surface area contributed by atoms with Crippen molar-refractivity contribution in [3.05, 3.63) is 57.0 Å². The van der Waals surface area contributed by atoms with Crippen molar-refractivity contribution in [1.29, 1.82) is 0 Å². The summed E-state index contributed by atoms with van der Waals surface area (Å²) in [5.41, 5.74) is 4.63. The maximum absolute atomic E-state index is 9.63. The van der Waals surface area contributed by atoms with E-state index < -0.39 is 0 Å². The zero-order valence-electron chi connectivity index (χ0n) is 10.7. The molecule has 0 aliphatic heterocycles. The minimum absolute atomic E-state index is 0.168. The fraction of sp³-hybridized carbons (Fsp3) is 0. The molecule has 4 nitrogen and oxygen atoms in total. The van der Waals surface area contributed by atoms with E-state index in [-0.39, 0.29) is 5.75 Å². The van der Waals surface area contributed by atoms with Gasteiger partial charge in [0.2, 0.25) is 5.11 Å². The predicted molar refractivity (Wildman–Crippen MR) is 95.4 cm³/mol. The van der Waals surface area contributed by atoms with E-state index in [0.717, 1.165) is 11.3 Å². The summed E-state index contributed by atoms with van der Waals surface area (Å²) in [4.78, 5) is 0. The Kier molecular flexibility index (Phi) is 5.72. The lowest BCUT2D eigenvalue weighted by atomic mass is 10.2. The van der Waals surface area contributed by atoms with Crippen LogP contribution in [0.5, 0.6) is 5.75 Å². The van der Waals surface area contributed by atoms with Gasteiger partial charge in [0.1, 0.15) is 5.75 Å². The van der Waals surface area contributed by atoms with Crippen LogP contribution in [-0.2, 0) is 0 Å². The Balaban J connectivity index is 1.95. The number of hydrazone groups is 1. The first-order chi connectivity index (χ1) is 10.1. The number of hydrogen-bond donors (Lipinski definition) is 4. The standard InChI is InChI=1S/C14H11Br2N3OS/c15-11-6-9(7-12(16)13(11)20)8-17-19-14(21)18-10-4-2-1-3-5-10/h1-8,20H,(H2,18,19,21)/p+1. The molecule has 0 unspecified atom stereocenters. The molecule has 108 valence electrons. The van der Waals surface area contributed by atoms with Crippen LogP contribution in [0.15, 0.2) is 51.4 Å². The molecule has 7 heteroatoms. The first-order valence-electron chi connectivity index (χ1n) is 5.95. The van der Waals surface area contributed by atoms with Gasteiger partial charge in [0.05, 0.1) is 8.95 Å². The smallest absolute Gasteiger partial charge is 0.228 e. The highest BCUT2D eigenvalue weighted by atomic mass is 79.9. The molecule has 0 spiro atoms. The van der Waals surface area contributed by atoms with Crippen LogP contribution in [0, 0.1) is 0 Å². The third-order valence-electron chi connectivity index (χ3n) is 2.50. The predicted octanol–water partition coefficient (Wildman–Crippen LogP) is 2.32. The number of hydrogen-bond acceptors (Lipinski definition) is 2. The number of aromatic hydroxyl groups is 1. The minimum atomic E-state index is 0.168. The number of hydrazine groups is 1. The third kappa shape index (κ3) is 4.80. The molecule has 0 aliphatic carbocycles. The second-order valence-corrected chi connectivity index (χ2v) is 6.18. The highest BCUT2D eigenvalue weighted by Crippen LogP contribution is 2.32. The average Bonchev–Trinajstić information content (AvgIpc) is 2.45. The van der Waals surface area contributed by atoms with E-state index in [1.807, 2.05) is 30.3 Å². The summed E-state index contributed by atoms with van der Waals surface area (Å²) in [6.45, 7) is 0. The van der Waals surface area contributed by atoms with Crippen LogP contribution in [0.2, 0.25) is 0 Å². The van der Waals surface area contributed by atoms with Crippen molar-refractivity contribution >= 4 is 61.1 Å². The van der Waals surface area contributed by atoms with E-state index in [9.17, 15) is 5.11 Å². The summed E-state index contributed by atoms with van der Waals surface area (Å²) >= 11 is 11.7. The highest BCUT2D eigenvalue weighted by Gasteiger charge is 2.06. The lowest BCUT2D eigenvalue weighted by Crippen LogP contribution is -2.82.